The van der Waals surface area contributed by atoms with E-state index in [1.54, 1.807) is 0 Å². The summed E-state index contributed by atoms with van der Waals surface area (Å²) in [6, 6.07) is 8.21. The average molecular weight is 282 g/mol. The number of nitrogens with zero attached hydrogens (tertiary/aromatic N) is 2. The number of benzene rings is 1. The van der Waals surface area contributed by atoms with Crippen molar-refractivity contribution in [2.24, 2.45) is 5.92 Å². The van der Waals surface area contributed by atoms with Crippen molar-refractivity contribution in [1.29, 1.82) is 0 Å². The number of piperidine rings is 1. The highest BCUT2D eigenvalue weighted by Crippen LogP contribution is 2.30. The summed E-state index contributed by atoms with van der Waals surface area (Å²) < 4.78 is 6.05. The Balaban J connectivity index is 1.68. The van der Waals surface area contributed by atoms with E-state index < -0.39 is 0 Å². The molecular weight excluding hydrogens is 264 g/mol. The molecule has 1 aliphatic heterocycles. The highest BCUT2D eigenvalue weighted by molar-refractivity contribution is 6.06. The Bertz CT molecular complexity index is 761. The summed E-state index contributed by atoms with van der Waals surface area (Å²) >= 11 is 0. The minimum absolute atomic E-state index is 0.615. The van der Waals surface area contributed by atoms with Gasteiger partial charge in [-0.3, -0.25) is 5.10 Å². The Hall–Kier alpha value is -2.14. The molecule has 2 aromatic heterocycles. The molecule has 0 radical (unpaired) electrons. The highest BCUT2D eigenvalue weighted by atomic mass is 16.5. The fraction of sp³-hybridized carbons (Fsp3) is 0.375. The zero-order chi connectivity index (χ0) is 14.1. The van der Waals surface area contributed by atoms with Crippen molar-refractivity contribution in [1.82, 2.24) is 20.5 Å². The van der Waals surface area contributed by atoms with Crippen LogP contribution < -0.4 is 10.1 Å². The first-order valence-electron chi connectivity index (χ1n) is 7.47. The van der Waals surface area contributed by atoms with Crippen molar-refractivity contribution in [3.8, 4) is 5.88 Å². The van der Waals surface area contributed by atoms with Crippen molar-refractivity contribution in [2.75, 3.05) is 19.7 Å². The quantitative estimate of drug-likeness (QED) is 0.774. The van der Waals surface area contributed by atoms with Gasteiger partial charge in [-0.15, -0.1) is 0 Å². The molecule has 21 heavy (non-hydrogen) atoms. The molecule has 0 atom stereocenters. The van der Waals surface area contributed by atoms with Gasteiger partial charge in [0.15, 0.2) is 5.65 Å². The molecule has 108 valence electrons. The minimum Gasteiger partial charge on any atom is -0.477 e. The van der Waals surface area contributed by atoms with Crippen LogP contribution >= 0.6 is 0 Å². The molecule has 0 unspecified atom stereocenters. The van der Waals surface area contributed by atoms with Gasteiger partial charge in [-0.2, -0.15) is 10.1 Å². The molecule has 4 rings (SSSR count). The molecule has 0 spiro atoms. The monoisotopic (exact) mass is 282 g/mol. The van der Waals surface area contributed by atoms with E-state index in [1.165, 1.54) is 12.8 Å². The van der Waals surface area contributed by atoms with Crippen molar-refractivity contribution in [3.63, 3.8) is 0 Å². The second kappa shape index (κ2) is 5.33. The largest absolute Gasteiger partial charge is 0.477 e. The van der Waals surface area contributed by atoms with Gasteiger partial charge in [-0.05, 0) is 43.3 Å². The SMILES string of the molecule is c1ccc2c(c1)c(OCC1CCNCC1)nc1[nH]ncc12. The van der Waals surface area contributed by atoms with Crippen LogP contribution in [0, 0.1) is 5.92 Å². The summed E-state index contributed by atoms with van der Waals surface area (Å²) in [7, 11) is 0. The molecule has 1 aliphatic rings. The topological polar surface area (TPSA) is 62.8 Å². The molecule has 3 aromatic rings. The first-order valence-corrected chi connectivity index (χ1v) is 7.47. The van der Waals surface area contributed by atoms with Gasteiger partial charge in [0, 0.05) is 10.8 Å². The van der Waals surface area contributed by atoms with E-state index >= 15 is 0 Å². The molecule has 1 fully saturated rings. The maximum absolute atomic E-state index is 6.05. The van der Waals surface area contributed by atoms with Crippen LogP contribution in [0.1, 0.15) is 12.8 Å². The van der Waals surface area contributed by atoms with Gasteiger partial charge in [0.25, 0.3) is 0 Å². The van der Waals surface area contributed by atoms with E-state index in [1.807, 2.05) is 18.3 Å². The molecule has 0 bridgehead atoms. The maximum Gasteiger partial charge on any atom is 0.223 e. The predicted molar refractivity (Wildman–Crippen MR) is 82.5 cm³/mol. The smallest absolute Gasteiger partial charge is 0.223 e. The van der Waals surface area contributed by atoms with Crippen molar-refractivity contribution >= 4 is 21.8 Å². The lowest BCUT2D eigenvalue weighted by atomic mass is 9.99. The van der Waals surface area contributed by atoms with Crippen molar-refractivity contribution in [3.05, 3.63) is 30.5 Å². The fourth-order valence-electron chi connectivity index (χ4n) is 2.98. The molecule has 0 amide bonds. The third-order valence-electron chi connectivity index (χ3n) is 4.19. The number of nitrogens with one attached hydrogen (secondary N) is 2. The lowest BCUT2D eigenvalue weighted by Crippen LogP contribution is -2.30. The standard InChI is InChI=1S/C16H18N4O/c1-2-4-13-12(3-1)14-9-18-20-15(14)19-16(13)21-10-11-5-7-17-8-6-11/h1-4,9,11,17H,5-8,10H2,(H,18,19,20). The van der Waals surface area contributed by atoms with Gasteiger partial charge in [-0.1, -0.05) is 18.2 Å². The second-order valence-corrected chi connectivity index (χ2v) is 5.60. The predicted octanol–water partition coefficient (Wildman–Crippen LogP) is 2.49. The number of aromatic amines is 1. The molecule has 5 nitrogen and oxygen atoms in total. The molecular formula is C16H18N4O. The Kier molecular flexibility index (Phi) is 3.20. The van der Waals surface area contributed by atoms with Gasteiger partial charge in [0.1, 0.15) is 0 Å². The van der Waals surface area contributed by atoms with Crippen molar-refractivity contribution in [2.45, 2.75) is 12.8 Å². The Morgan fingerprint density at radius 3 is 2.76 bits per heavy atom. The molecule has 0 aliphatic carbocycles. The summed E-state index contributed by atoms with van der Waals surface area (Å²) in [4.78, 5) is 4.59. The lowest BCUT2D eigenvalue weighted by Gasteiger charge is -2.22. The highest BCUT2D eigenvalue weighted by Gasteiger charge is 2.16. The Labute approximate surface area is 122 Å². The van der Waals surface area contributed by atoms with E-state index in [9.17, 15) is 0 Å². The summed E-state index contributed by atoms with van der Waals surface area (Å²) in [6.07, 6.45) is 4.16. The number of aromatic nitrogens is 3. The van der Waals surface area contributed by atoms with Crippen LogP contribution in [0.25, 0.3) is 21.8 Å². The van der Waals surface area contributed by atoms with Gasteiger partial charge >= 0.3 is 0 Å². The maximum atomic E-state index is 6.05. The first kappa shape index (κ1) is 12.6. The Morgan fingerprint density at radius 2 is 1.90 bits per heavy atom. The lowest BCUT2D eigenvalue weighted by molar-refractivity contribution is 0.211. The van der Waals surface area contributed by atoms with E-state index in [4.69, 9.17) is 4.74 Å². The van der Waals surface area contributed by atoms with E-state index in [2.05, 4.69) is 32.6 Å². The summed E-state index contributed by atoms with van der Waals surface area (Å²) in [5.74, 6) is 1.32. The molecule has 5 heteroatoms. The number of hydrogen-bond donors (Lipinski definition) is 2. The average Bonchev–Trinajstić information content (AvgIpc) is 3.02. The molecule has 2 N–H and O–H groups in total. The van der Waals surface area contributed by atoms with Crippen molar-refractivity contribution < 1.29 is 4.74 Å². The molecule has 3 heterocycles. The molecule has 1 aromatic carbocycles. The number of ether oxygens (including phenoxy) is 1. The number of fused-ring (bicyclic) bond motifs is 3. The number of rotatable bonds is 3. The van der Waals surface area contributed by atoms with Crippen LogP contribution in [0.5, 0.6) is 5.88 Å². The zero-order valence-electron chi connectivity index (χ0n) is 11.8. The van der Waals surface area contributed by atoms with Crippen LogP contribution in [0.3, 0.4) is 0 Å². The third kappa shape index (κ3) is 2.34. The number of hydrogen-bond acceptors (Lipinski definition) is 4. The second-order valence-electron chi connectivity index (χ2n) is 5.60. The summed E-state index contributed by atoms with van der Waals surface area (Å²) in [5.41, 5.74) is 0.786. The number of H-pyrrole nitrogens is 1. The summed E-state index contributed by atoms with van der Waals surface area (Å²) in [6.45, 7) is 2.90. The molecule has 0 saturated carbocycles. The summed E-state index contributed by atoms with van der Waals surface area (Å²) in [5, 5.41) is 13.6. The zero-order valence-corrected chi connectivity index (χ0v) is 11.8. The number of pyridine rings is 1. The normalized spacial score (nSPS) is 16.6. The van der Waals surface area contributed by atoms with Crippen LogP contribution in [0.15, 0.2) is 30.5 Å². The minimum atomic E-state index is 0.615. The van der Waals surface area contributed by atoms with E-state index in [0.717, 1.165) is 41.5 Å². The van der Waals surface area contributed by atoms with E-state index in [0.29, 0.717) is 11.8 Å². The molecule has 1 saturated heterocycles. The van der Waals surface area contributed by atoms with Gasteiger partial charge < -0.3 is 10.1 Å². The van der Waals surface area contributed by atoms with Crippen LogP contribution in [0.4, 0.5) is 0 Å². The van der Waals surface area contributed by atoms with Gasteiger partial charge in [0.05, 0.1) is 12.8 Å². The third-order valence-corrected chi connectivity index (χ3v) is 4.19. The van der Waals surface area contributed by atoms with Crippen LogP contribution in [-0.4, -0.2) is 34.9 Å². The van der Waals surface area contributed by atoms with Crippen LogP contribution in [0.2, 0.25) is 0 Å². The van der Waals surface area contributed by atoms with Crippen LogP contribution in [-0.2, 0) is 0 Å². The van der Waals surface area contributed by atoms with E-state index in [-0.39, 0.29) is 0 Å². The fourth-order valence-corrected chi connectivity index (χ4v) is 2.98. The van der Waals surface area contributed by atoms with Gasteiger partial charge in [-0.25, -0.2) is 0 Å². The first-order chi connectivity index (χ1) is 10.4. The van der Waals surface area contributed by atoms with Gasteiger partial charge in [0.2, 0.25) is 5.88 Å². The Morgan fingerprint density at radius 1 is 1.10 bits per heavy atom.